The van der Waals surface area contributed by atoms with Gasteiger partial charge in [0, 0.05) is 6.04 Å². The van der Waals surface area contributed by atoms with Crippen molar-refractivity contribution in [3.8, 4) is 0 Å². The van der Waals surface area contributed by atoms with Gasteiger partial charge in [-0.25, -0.2) is 0 Å². The monoisotopic (exact) mass is 182 g/mol. The maximum absolute atomic E-state index is 10.8. The van der Waals surface area contributed by atoms with E-state index in [1.165, 1.54) is 25.7 Å². The largest absolute Gasteiger partial charge is 0.368 e. The van der Waals surface area contributed by atoms with Crippen molar-refractivity contribution < 1.29 is 4.79 Å². The first kappa shape index (κ1) is 9.00. The number of amides is 1. The van der Waals surface area contributed by atoms with Crippen LogP contribution in [0.4, 0.5) is 0 Å². The highest BCUT2D eigenvalue weighted by Crippen LogP contribution is 2.49. The highest BCUT2D eigenvalue weighted by molar-refractivity contribution is 5.79. The fraction of sp³-hybridized carbons (Fsp3) is 0.900. The van der Waals surface area contributed by atoms with Crippen LogP contribution in [-0.4, -0.2) is 18.0 Å². The molecule has 2 aliphatic rings. The zero-order valence-corrected chi connectivity index (χ0v) is 8.12. The number of carbonyl (C=O) groups excluding carboxylic acids is 1. The van der Waals surface area contributed by atoms with Crippen LogP contribution in [0.1, 0.15) is 32.6 Å². The van der Waals surface area contributed by atoms with Crippen LogP contribution in [0.25, 0.3) is 0 Å². The molecule has 0 aromatic rings. The van der Waals surface area contributed by atoms with Crippen molar-refractivity contribution in [3.63, 3.8) is 0 Å². The first-order valence-electron chi connectivity index (χ1n) is 5.25. The Morgan fingerprint density at radius 1 is 1.38 bits per heavy atom. The molecule has 0 saturated heterocycles. The maximum Gasteiger partial charge on any atom is 0.234 e. The van der Waals surface area contributed by atoms with Gasteiger partial charge in [0.2, 0.25) is 5.91 Å². The summed E-state index contributed by atoms with van der Waals surface area (Å²) >= 11 is 0. The van der Waals surface area contributed by atoms with Gasteiger partial charge in [-0.05, 0) is 31.6 Å². The normalized spacial score (nSPS) is 39.3. The summed E-state index contributed by atoms with van der Waals surface area (Å²) in [5.41, 5.74) is 5.20. The van der Waals surface area contributed by atoms with Crippen molar-refractivity contribution in [1.82, 2.24) is 5.32 Å². The van der Waals surface area contributed by atoms with Crippen LogP contribution < -0.4 is 11.1 Å². The highest BCUT2D eigenvalue weighted by atomic mass is 16.1. The number of nitrogens with two attached hydrogens (primary N) is 1. The van der Waals surface area contributed by atoms with E-state index in [1.54, 1.807) is 0 Å². The molecule has 0 aliphatic heterocycles. The minimum atomic E-state index is -0.233. The molecular formula is C10H18N2O. The predicted molar refractivity (Wildman–Crippen MR) is 51.0 cm³/mol. The topological polar surface area (TPSA) is 55.1 Å². The molecule has 3 N–H and O–H groups in total. The second kappa shape index (κ2) is 3.29. The van der Waals surface area contributed by atoms with Crippen LogP contribution in [-0.2, 0) is 4.79 Å². The third-order valence-electron chi connectivity index (χ3n) is 3.53. The van der Waals surface area contributed by atoms with E-state index in [4.69, 9.17) is 5.73 Å². The van der Waals surface area contributed by atoms with Crippen LogP contribution in [0, 0.1) is 11.8 Å². The molecule has 2 aliphatic carbocycles. The molecule has 2 saturated carbocycles. The van der Waals surface area contributed by atoms with E-state index in [1.807, 2.05) is 6.92 Å². The van der Waals surface area contributed by atoms with Gasteiger partial charge < -0.3 is 11.1 Å². The Hall–Kier alpha value is -0.570. The SMILES string of the molecule is CC(NC1C2CCCCC21)C(N)=O. The van der Waals surface area contributed by atoms with E-state index in [-0.39, 0.29) is 11.9 Å². The molecule has 0 radical (unpaired) electrons. The average Bonchev–Trinajstić information content (AvgIpc) is 2.79. The number of hydrogen-bond donors (Lipinski definition) is 2. The molecule has 0 aromatic heterocycles. The minimum absolute atomic E-state index is 0.157. The summed E-state index contributed by atoms with van der Waals surface area (Å²) in [7, 11) is 0. The van der Waals surface area contributed by atoms with Gasteiger partial charge in [0.05, 0.1) is 6.04 Å². The Kier molecular flexibility index (Phi) is 2.28. The molecule has 3 nitrogen and oxygen atoms in total. The summed E-state index contributed by atoms with van der Waals surface area (Å²) < 4.78 is 0. The molecule has 0 bridgehead atoms. The van der Waals surface area contributed by atoms with E-state index in [0.717, 1.165) is 11.8 Å². The van der Waals surface area contributed by atoms with Crippen molar-refractivity contribution in [2.45, 2.75) is 44.7 Å². The molecular weight excluding hydrogens is 164 g/mol. The van der Waals surface area contributed by atoms with Crippen molar-refractivity contribution in [2.24, 2.45) is 17.6 Å². The van der Waals surface area contributed by atoms with Gasteiger partial charge in [0.1, 0.15) is 0 Å². The molecule has 2 fully saturated rings. The second-order valence-electron chi connectivity index (χ2n) is 4.43. The van der Waals surface area contributed by atoms with Gasteiger partial charge in [0.15, 0.2) is 0 Å². The molecule has 74 valence electrons. The quantitative estimate of drug-likeness (QED) is 0.673. The Morgan fingerprint density at radius 3 is 2.38 bits per heavy atom. The minimum Gasteiger partial charge on any atom is -0.368 e. The number of rotatable bonds is 3. The van der Waals surface area contributed by atoms with E-state index in [2.05, 4.69) is 5.32 Å². The van der Waals surface area contributed by atoms with E-state index in [9.17, 15) is 4.79 Å². The van der Waals surface area contributed by atoms with Gasteiger partial charge in [-0.2, -0.15) is 0 Å². The Morgan fingerprint density at radius 2 is 1.92 bits per heavy atom. The van der Waals surface area contributed by atoms with E-state index < -0.39 is 0 Å². The summed E-state index contributed by atoms with van der Waals surface area (Å²) in [6, 6.07) is 0.431. The van der Waals surface area contributed by atoms with Crippen LogP contribution in [0.5, 0.6) is 0 Å². The van der Waals surface area contributed by atoms with Gasteiger partial charge in [-0.1, -0.05) is 12.8 Å². The fourth-order valence-electron chi connectivity index (χ4n) is 2.61. The molecule has 13 heavy (non-hydrogen) atoms. The van der Waals surface area contributed by atoms with Crippen LogP contribution in [0.15, 0.2) is 0 Å². The number of carbonyl (C=O) groups is 1. The number of primary amides is 1. The van der Waals surface area contributed by atoms with Crippen molar-refractivity contribution in [2.75, 3.05) is 0 Å². The smallest absolute Gasteiger partial charge is 0.234 e. The lowest BCUT2D eigenvalue weighted by Gasteiger charge is -2.08. The lowest BCUT2D eigenvalue weighted by Crippen LogP contribution is -2.40. The van der Waals surface area contributed by atoms with E-state index in [0.29, 0.717) is 6.04 Å². The summed E-state index contributed by atoms with van der Waals surface area (Å²) in [4.78, 5) is 10.8. The molecule has 1 amide bonds. The summed E-state index contributed by atoms with van der Waals surface area (Å²) in [5.74, 6) is 1.45. The number of hydrogen-bond acceptors (Lipinski definition) is 2. The van der Waals surface area contributed by atoms with Gasteiger partial charge in [0.25, 0.3) is 0 Å². The molecule has 2 rings (SSSR count). The van der Waals surface area contributed by atoms with Gasteiger partial charge in [-0.15, -0.1) is 0 Å². The van der Waals surface area contributed by atoms with Crippen molar-refractivity contribution in [1.29, 1.82) is 0 Å². The first-order chi connectivity index (χ1) is 6.20. The molecule has 3 atom stereocenters. The van der Waals surface area contributed by atoms with Crippen molar-refractivity contribution >= 4 is 5.91 Å². The molecule has 3 unspecified atom stereocenters. The average molecular weight is 182 g/mol. The Bertz CT molecular complexity index is 205. The predicted octanol–water partition coefficient (Wildman–Crippen LogP) is 0.638. The Labute approximate surface area is 79.1 Å². The highest BCUT2D eigenvalue weighted by Gasteiger charge is 2.50. The third kappa shape index (κ3) is 1.70. The zero-order chi connectivity index (χ0) is 9.42. The van der Waals surface area contributed by atoms with Crippen LogP contribution in [0.3, 0.4) is 0 Å². The second-order valence-corrected chi connectivity index (χ2v) is 4.43. The summed E-state index contributed by atoms with van der Waals surface area (Å²) in [6.07, 6.45) is 5.41. The molecule has 0 aromatic carbocycles. The molecule has 0 heterocycles. The first-order valence-corrected chi connectivity index (χ1v) is 5.25. The maximum atomic E-state index is 10.8. The van der Waals surface area contributed by atoms with Crippen LogP contribution >= 0.6 is 0 Å². The number of nitrogens with one attached hydrogen (secondary N) is 1. The van der Waals surface area contributed by atoms with Gasteiger partial charge in [-0.3, -0.25) is 4.79 Å². The van der Waals surface area contributed by atoms with Gasteiger partial charge >= 0.3 is 0 Å². The number of fused-ring (bicyclic) bond motifs is 1. The van der Waals surface area contributed by atoms with E-state index >= 15 is 0 Å². The molecule has 3 heteroatoms. The molecule has 0 spiro atoms. The fourth-order valence-corrected chi connectivity index (χ4v) is 2.61. The van der Waals surface area contributed by atoms with Crippen LogP contribution in [0.2, 0.25) is 0 Å². The standard InChI is InChI=1S/C10H18N2O/c1-6(10(11)13)12-9-7-4-2-3-5-8(7)9/h6-9,12H,2-5H2,1H3,(H2,11,13). The van der Waals surface area contributed by atoms with Crippen molar-refractivity contribution in [3.05, 3.63) is 0 Å². The lowest BCUT2D eigenvalue weighted by molar-refractivity contribution is -0.119. The zero-order valence-electron chi connectivity index (χ0n) is 8.12. The summed E-state index contributed by atoms with van der Waals surface area (Å²) in [6.45, 7) is 1.85. The Balaban J connectivity index is 1.81. The lowest BCUT2D eigenvalue weighted by atomic mass is 10.0. The third-order valence-corrected chi connectivity index (χ3v) is 3.53. The summed E-state index contributed by atoms with van der Waals surface area (Å²) in [5, 5.41) is 3.32.